The average molecular weight is 554 g/mol. The number of carbonyl (C=O) groups excluding carboxylic acids is 1. The molecule has 4 aromatic carbocycles. The maximum absolute atomic E-state index is 13.2. The monoisotopic (exact) mass is 552 g/mol. The lowest BCUT2D eigenvalue weighted by molar-refractivity contribution is 0.0943. The van der Waals surface area contributed by atoms with Gasteiger partial charge in [-0.2, -0.15) is 0 Å². The van der Waals surface area contributed by atoms with Crippen LogP contribution in [0, 0.1) is 6.92 Å². The number of aryl methyl sites for hydroxylation is 1. The molecular weight excluding hydrogens is 527 g/mol. The number of hydrogen-bond acceptors (Lipinski definition) is 3. The highest BCUT2D eigenvalue weighted by molar-refractivity contribution is 7.92. The fourth-order valence-corrected chi connectivity index (χ4v) is 5.37. The van der Waals surface area contributed by atoms with E-state index >= 15 is 0 Å². The second-order valence-electron chi connectivity index (χ2n) is 8.74. The first kappa shape index (κ1) is 26.7. The average Bonchev–Trinajstić information content (AvgIpc) is 2.87. The lowest BCUT2D eigenvalue weighted by Gasteiger charge is -2.24. The molecule has 4 aromatic rings. The highest BCUT2D eigenvalue weighted by atomic mass is 35.5. The molecule has 0 bridgehead atoms. The maximum Gasteiger partial charge on any atom is 0.252 e. The van der Waals surface area contributed by atoms with Gasteiger partial charge >= 0.3 is 0 Å². The van der Waals surface area contributed by atoms with Gasteiger partial charge in [0.1, 0.15) is 0 Å². The lowest BCUT2D eigenvalue weighted by Crippen LogP contribution is -2.30. The molecule has 0 aliphatic heterocycles. The number of anilines is 1. The van der Waals surface area contributed by atoms with E-state index in [4.69, 9.17) is 23.2 Å². The molecule has 0 saturated heterocycles. The van der Waals surface area contributed by atoms with Crippen molar-refractivity contribution in [2.45, 2.75) is 19.5 Å². The summed E-state index contributed by atoms with van der Waals surface area (Å²) < 4.78 is 26.5. The minimum atomic E-state index is -3.66. The summed E-state index contributed by atoms with van der Waals surface area (Å²) in [4.78, 5) is 13.2. The number of sulfonamides is 1. The SMILES string of the molecule is Cc1ccc(C(NC(=O)c2ccc(N(Cc3c(Cl)cccc3Cl)S(C)(=O)=O)cc2)c2ccccc2)cc1. The van der Waals surface area contributed by atoms with Crippen LogP contribution in [0.15, 0.2) is 97.1 Å². The summed E-state index contributed by atoms with van der Waals surface area (Å²) in [7, 11) is -3.66. The van der Waals surface area contributed by atoms with Crippen molar-refractivity contribution in [1.29, 1.82) is 0 Å². The van der Waals surface area contributed by atoms with Crippen molar-refractivity contribution in [3.63, 3.8) is 0 Å². The number of hydrogen-bond donors (Lipinski definition) is 1. The lowest BCUT2D eigenvalue weighted by atomic mass is 9.97. The number of amides is 1. The predicted octanol–water partition coefficient (Wildman–Crippen LogP) is 6.79. The van der Waals surface area contributed by atoms with Crippen molar-refractivity contribution in [1.82, 2.24) is 5.32 Å². The van der Waals surface area contributed by atoms with Crippen LogP contribution in [0.5, 0.6) is 0 Å². The third kappa shape index (κ3) is 6.52. The summed E-state index contributed by atoms with van der Waals surface area (Å²) in [5, 5.41) is 3.86. The number of rotatable bonds is 8. The normalized spacial score (nSPS) is 12.1. The van der Waals surface area contributed by atoms with Gasteiger partial charge in [0.2, 0.25) is 10.0 Å². The third-order valence-corrected chi connectivity index (χ3v) is 7.85. The Hall–Kier alpha value is -3.32. The molecule has 0 radical (unpaired) electrons. The molecule has 1 amide bonds. The van der Waals surface area contributed by atoms with Crippen molar-refractivity contribution in [3.8, 4) is 0 Å². The summed E-state index contributed by atoms with van der Waals surface area (Å²) >= 11 is 12.6. The Bertz CT molecular complexity index is 1470. The molecule has 5 nitrogen and oxygen atoms in total. The van der Waals surface area contributed by atoms with E-state index in [-0.39, 0.29) is 18.5 Å². The van der Waals surface area contributed by atoms with Gasteiger partial charge in [-0.1, -0.05) is 89.4 Å². The number of halogens is 2. The first-order valence-corrected chi connectivity index (χ1v) is 14.2. The molecule has 0 aliphatic rings. The summed E-state index contributed by atoms with van der Waals surface area (Å²) in [5.74, 6) is -0.277. The second-order valence-corrected chi connectivity index (χ2v) is 11.5. The van der Waals surface area contributed by atoms with Crippen LogP contribution < -0.4 is 9.62 Å². The zero-order chi connectivity index (χ0) is 26.6. The molecule has 0 aromatic heterocycles. The Balaban J connectivity index is 1.60. The van der Waals surface area contributed by atoms with Crippen molar-refractivity contribution in [3.05, 3.63) is 135 Å². The van der Waals surface area contributed by atoms with Crippen LogP contribution in [-0.2, 0) is 16.6 Å². The van der Waals surface area contributed by atoms with E-state index in [9.17, 15) is 13.2 Å². The van der Waals surface area contributed by atoms with E-state index in [2.05, 4.69) is 5.32 Å². The first-order valence-electron chi connectivity index (χ1n) is 11.6. The largest absolute Gasteiger partial charge is 0.341 e. The van der Waals surface area contributed by atoms with Crippen LogP contribution in [0.1, 0.15) is 38.7 Å². The summed E-state index contributed by atoms with van der Waals surface area (Å²) in [6.07, 6.45) is 1.12. The predicted molar refractivity (Wildman–Crippen MR) is 151 cm³/mol. The molecule has 0 saturated carbocycles. The van der Waals surface area contributed by atoms with Gasteiger partial charge in [-0.25, -0.2) is 8.42 Å². The van der Waals surface area contributed by atoms with Crippen molar-refractivity contribution in [2.24, 2.45) is 0 Å². The van der Waals surface area contributed by atoms with Gasteiger partial charge in [0.15, 0.2) is 0 Å². The molecule has 1 unspecified atom stereocenters. The van der Waals surface area contributed by atoms with Gasteiger partial charge in [0, 0.05) is 21.2 Å². The van der Waals surface area contributed by atoms with Crippen molar-refractivity contribution in [2.75, 3.05) is 10.6 Å². The van der Waals surface area contributed by atoms with Crippen molar-refractivity contribution < 1.29 is 13.2 Å². The van der Waals surface area contributed by atoms with Gasteiger partial charge in [0.05, 0.1) is 24.5 Å². The Labute approximate surface area is 227 Å². The standard InChI is InChI=1S/C29H26Cl2N2O3S/c1-20-11-13-22(14-12-20)28(21-7-4-3-5-8-21)32-29(34)23-15-17-24(18-16-23)33(37(2,35)36)19-25-26(30)9-6-10-27(25)31/h3-18,28H,19H2,1-2H3,(H,32,34). The van der Waals surface area contributed by atoms with Crippen LogP contribution in [0.4, 0.5) is 5.69 Å². The van der Waals surface area contributed by atoms with Crippen molar-refractivity contribution >= 4 is 44.8 Å². The van der Waals surface area contributed by atoms with E-state index in [1.165, 1.54) is 4.31 Å². The van der Waals surface area contributed by atoms with Crippen LogP contribution in [0.3, 0.4) is 0 Å². The highest BCUT2D eigenvalue weighted by Crippen LogP contribution is 2.30. The molecule has 1 N–H and O–H groups in total. The van der Waals surface area contributed by atoms with Gasteiger partial charge in [-0.3, -0.25) is 9.10 Å². The molecule has 0 aliphatic carbocycles. The molecule has 190 valence electrons. The summed E-state index contributed by atoms with van der Waals surface area (Å²) in [6.45, 7) is 1.98. The molecular formula is C29H26Cl2N2O3S. The summed E-state index contributed by atoms with van der Waals surface area (Å²) in [6, 6.07) is 28.8. The molecule has 0 fully saturated rings. The quantitative estimate of drug-likeness (QED) is 0.261. The van der Waals surface area contributed by atoms with Gasteiger partial charge in [-0.15, -0.1) is 0 Å². The summed E-state index contributed by atoms with van der Waals surface area (Å²) in [5.41, 5.74) is 4.35. The zero-order valence-corrected chi connectivity index (χ0v) is 22.7. The van der Waals surface area contributed by atoms with Gasteiger partial charge in [-0.05, 0) is 54.4 Å². The van der Waals surface area contributed by atoms with E-state index in [1.54, 1.807) is 42.5 Å². The van der Waals surface area contributed by atoms with Crippen LogP contribution >= 0.6 is 23.2 Å². The molecule has 0 spiro atoms. The fraction of sp³-hybridized carbons (Fsp3) is 0.138. The van der Waals surface area contributed by atoms with Crippen LogP contribution in [-0.4, -0.2) is 20.6 Å². The Morgan fingerprint density at radius 1 is 0.811 bits per heavy atom. The van der Waals surface area contributed by atoms with E-state index in [0.29, 0.717) is 26.9 Å². The third-order valence-electron chi connectivity index (χ3n) is 6.00. The Kier molecular flexibility index (Phi) is 8.22. The minimum Gasteiger partial charge on any atom is -0.341 e. The van der Waals surface area contributed by atoms with Crippen LogP contribution in [0.2, 0.25) is 10.0 Å². The van der Waals surface area contributed by atoms with Crippen LogP contribution in [0.25, 0.3) is 0 Å². The molecule has 37 heavy (non-hydrogen) atoms. The molecule has 0 heterocycles. The van der Waals surface area contributed by atoms with Gasteiger partial charge < -0.3 is 5.32 Å². The van der Waals surface area contributed by atoms with E-state index in [0.717, 1.165) is 22.9 Å². The first-order chi connectivity index (χ1) is 17.6. The Morgan fingerprint density at radius 3 is 1.95 bits per heavy atom. The zero-order valence-electron chi connectivity index (χ0n) is 20.4. The molecule has 1 atom stereocenters. The number of nitrogens with one attached hydrogen (secondary N) is 1. The fourth-order valence-electron chi connectivity index (χ4n) is 3.98. The second kappa shape index (κ2) is 11.4. The van der Waals surface area contributed by atoms with Gasteiger partial charge in [0.25, 0.3) is 5.91 Å². The maximum atomic E-state index is 13.2. The molecule has 4 rings (SSSR count). The number of nitrogens with zero attached hydrogens (tertiary/aromatic N) is 1. The topological polar surface area (TPSA) is 66.5 Å². The highest BCUT2D eigenvalue weighted by Gasteiger charge is 2.22. The Morgan fingerprint density at radius 2 is 1.38 bits per heavy atom. The number of carbonyl (C=O) groups is 1. The van der Waals surface area contributed by atoms with E-state index < -0.39 is 10.0 Å². The minimum absolute atomic E-state index is 0.0353. The smallest absolute Gasteiger partial charge is 0.252 e. The van der Waals surface area contributed by atoms with E-state index in [1.807, 2.05) is 61.5 Å². The molecule has 8 heteroatoms. The number of benzene rings is 4.